The highest BCUT2D eigenvalue weighted by Crippen LogP contribution is 2.39. The van der Waals surface area contributed by atoms with E-state index in [1.807, 2.05) is 26.1 Å². The lowest BCUT2D eigenvalue weighted by atomic mass is 9.77. The first-order valence-corrected chi connectivity index (χ1v) is 10.2. The molecule has 2 aromatic rings. The van der Waals surface area contributed by atoms with Crippen molar-refractivity contribution in [2.75, 3.05) is 7.11 Å². The van der Waals surface area contributed by atoms with Crippen LogP contribution in [0.15, 0.2) is 36.5 Å². The van der Waals surface area contributed by atoms with Crippen LogP contribution in [0.3, 0.4) is 0 Å². The molecule has 1 atom stereocenters. The average molecular weight is 383 g/mol. The summed E-state index contributed by atoms with van der Waals surface area (Å²) in [5.74, 6) is 0.464. The van der Waals surface area contributed by atoms with E-state index in [0.717, 1.165) is 31.2 Å². The number of esters is 1. The summed E-state index contributed by atoms with van der Waals surface area (Å²) in [5.41, 5.74) is 2.42. The number of hydrogen-bond acceptors (Lipinski definition) is 4. The quantitative estimate of drug-likeness (QED) is 0.760. The maximum Gasteiger partial charge on any atom is 0.328 e. The highest BCUT2D eigenvalue weighted by atomic mass is 16.5. The first-order chi connectivity index (χ1) is 13.5. The lowest BCUT2D eigenvalue weighted by Gasteiger charge is -2.29. The normalized spacial score (nSPS) is 20.7. The van der Waals surface area contributed by atoms with E-state index in [4.69, 9.17) is 4.74 Å². The van der Waals surface area contributed by atoms with Crippen molar-refractivity contribution in [1.82, 2.24) is 10.3 Å². The van der Waals surface area contributed by atoms with Crippen LogP contribution in [-0.4, -0.2) is 30.0 Å². The maximum atomic E-state index is 12.4. The van der Waals surface area contributed by atoms with Gasteiger partial charge in [-0.05, 0) is 61.1 Å². The van der Waals surface area contributed by atoms with Crippen molar-refractivity contribution < 1.29 is 14.3 Å². The molecule has 1 aromatic carbocycles. The number of benzene rings is 1. The number of ether oxygens (including phenoxy) is 1. The molecule has 0 aliphatic heterocycles. The number of nitrogens with zero attached hydrogens (tertiary/aromatic N) is 1. The smallest absolute Gasteiger partial charge is 0.328 e. The molecule has 1 amide bonds. The molecule has 1 aliphatic rings. The van der Waals surface area contributed by atoms with Gasteiger partial charge < -0.3 is 10.1 Å². The summed E-state index contributed by atoms with van der Waals surface area (Å²) in [4.78, 5) is 28.8. The molecular weight excluding hydrogens is 352 g/mol. The lowest BCUT2D eigenvalue weighted by Crippen LogP contribution is -2.45. The number of methoxy groups -OCH3 is 1. The molecule has 150 valence electrons. The molecule has 0 bridgehead atoms. The number of rotatable bonds is 6. The molecule has 0 saturated heterocycles. The van der Waals surface area contributed by atoms with Gasteiger partial charge in [0.2, 0.25) is 5.91 Å². The minimum absolute atomic E-state index is 0.00658. The average Bonchev–Trinajstić information content (AvgIpc) is 2.71. The third-order valence-corrected chi connectivity index (χ3v) is 5.88. The third kappa shape index (κ3) is 4.70. The number of para-hydroxylation sites is 1. The summed E-state index contributed by atoms with van der Waals surface area (Å²) in [6, 6.07) is 9.86. The van der Waals surface area contributed by atoms with E-state index in [0.29, 0.717) is 18.3 Å². The minimum Gasteiger partial charge on any atom is -0.467 e. The topological polar surface area (TPSA) is 68.3 Å². The molecule has 0 radical (unpaired) electrons. The SMILES string of the molecule is COC(=O)C(NC(=O)C[C@H]1CC[C@H](c2ccnc3ccccc32)CC1)C(C)C. The second kappa shape index (κ2) is 9.18. The predicted octanol–water partition coefficient (Wildman–Crippen LogP) is 4.21. The fourth-order valence-electron chi connectivity index (χ4n) is 4.27. The second-order valence-electron chi connectivity index (χ2n) is 8.15. The fourth-order valence-corrected chi connectivity index (χ4v) is 4.27. The monoisotopic (exact) mass is 382 g/mol. The van der Waals surface area contributed by atoms with Crippen LogP contribution in [0, 0.1) is 11.8 Å². The summed E-state index contributed by atoms with van der Waals surface area (Å²) >= 11 is 0. The van der Waals surface area contributed by atoms with Crippen molar-refractivity contribution in [3.05, 3.63) is 42.1 Å². The van der Waals surface area contributed by atoms with Gasteiger partial charge in [-0.3, -0.25) is 9.78 Å². The van der Waals surface area contributed by atoms with Crippen molar-refractivity contribution >= 4 is 22.8 Å². The molecule has 5 heteroatoms. The number of carbonyl (C=O) groups is 2. The fraction of sp³-hybridized carbons (Fsp3) is 0.522. The Kier molecular flexibility index (Phi) is 6.65. The Morgan fingerprint density at radius 1 is 1.14 bits per heavy atom. The first kappa shape index (κ1) is 20.3. The molecule has 5 nitrogen and oxygen atoms in total. The molecule has 1 heterocycles. The zero-order valence-corrected chi connectivity index (χ0v) is 17.0. The number of fused-ring (bicyclic) bond motifs is 1. The van der Waals surface area contributed by atoms with E-state index < -0.39 is 6.04 Å². The number of amides is 1. The van der Waals surface area contributed by atoms with Gasteiger partial charge >= 0.3 is 5.97 Å². The van der Waals surface area contributed by atoms with Crippen LogP contribution in [0.4, 0.5) is 0 Å². The van der Waals surface area contributed by atoms with Gasteiger partial charge in [-0.25, -0.2) is 4.79 Å². The van der Waals surface area contributed by atoms with Gasteiger partial charge in [-0.2, -0.15) is 0 Å². The van der Waals surface area contributed by atoms with Crippen molar-refractivity contribution in [2.24, 2.45) is 11.8 Å². The molecule has 1 aromatic heterocycles. The van der Waals surface area contributed by atoms with Gasteiger partial charge in [0.15, 0.2) is 0 Å². The number of nitrogens with one attached hydrogen (secondary N) is 1. The molecule has 1 unspecified atom stereocenters. The molecular formula is C23H30N2O3. The maximum absolute atomic E-state index is 12.4. The van der Waals surface area contributed by atoms with Gasteiger partial charge in [0, 0.05) is 18.0 Å². The van der Waals surface area contributed by atoms with Gasteiger partial charge in [-0.1, -0.05) is 32.0 Å². The van der Waals surface area contributed by atoms with Crippen molar-refractivity contribution in [3.63, 3.8) is 0 Å². The lowest BCUT2D eigenvalue weighted by molar-refractivity contribution is -0.146. The van der Waals surface area contributed by atoms with E-state index in [1.54, 1.807) is 0 Å². The zero-order chi connectivity index (χ0) is 20.1. The molecule has 1 N–H and O–H groups in total. The van der Waals surface area contributed by atoms with Crippen molar-refractivity contribution in [3.8, 4) is 0 Å². The number of hydrogen-bond donors (Lipinski definition) is 1. The molecule has 3 rings (SSSR count). The van der Waals surface area contributed by atoms with Gasteiger partial charge in [0.05, 0.1) is 12.6 Å². The van der Waals surface area contributed by atoms with Gasteiger partial charge in [-0.15, -0.1) is 0 Å². The molecule has 0 spiro atoms. The van der Waals surface area contributed by atoms with E-state index in [-0.39, 0.29) is 17.8 Å². The molecule has 28 heavy (non-hydrogen) atoms. The van der Waals surface area contributed by atoms with Crippen LogP contribution in [-0.2, 0) is 14.3 Å². The van der Waals surface area contributed by atoms with E-state index in [1.165, 1.54) is 18.1 Å². The summed E-state index contributed by atoms with van der Waals surface area (Å²) in [6.07, 6.45) is 6.59. The Bertz CT molecular complexity index is 820. The Morgan fingerprint density at radius 2 is 1.86 bits per heavy atom. The van der Waals surface area contributed by atoms with Crippen LogP contribution in [0.2, 0.25) is 0 Å². The zero-order valence-electron chi connectivity index (χ0n) is 17.0. The Labute approximate surface area is 166 Å². The van der Waals surface area contributed by atoms with E-state index >= 15 is 0 Å². The highest BCUT2D eigenvalue weighted by Gasteiger charge is 2.28. The number of carbonyl (C=O) groups excluding carboxylic acids is 2. The first-order valence-electron chi connectivity index (χ1n) is 10.2. The summed E-state index contributed by atoms with van der Waals surface area (Å²) < 4.78 is 4.80. The van der Waals surface area contributed by atoms with Crippen LogP contribution in [0.5, 0.6) is 0 Å². The molecule has 1 saturated carbocycles. The van der Waals surface area contributed by atoms with Gasteiger partial charge in [0.25, 0.3) is 0 Å². The summed E-state index contributed by atoms with van der Waals surface area (Å²) in [5, 5.41) is 4.10. The summed E-state index contributed by atoms with van der Waals surface area (Å²) in [6.45, 7) is 3.82. The molecule has 1 fully saturated rings. The number of pyridine rings is 1. The molecule has 1 aliphatic carbocycles. The third-order valence-electron chi connectivity index (χ3n) is 5.88. The van der Waals surface area contributed by atoms with Gasteiger partial charge in [0.1, 0.15) is 6.04 Å². The highest BCUT2D eigenvalue weighted by molar-refractivity contribution is 5.85. The van der Waals surface area contributed by atoms with Crippen molar-refractivity contribution in [2.45, 2.75) is 57.9 Å². The van der Waals surface area contributed by atoms with Crippen LogP contribution in [0.1, 0.15) is 57.4 Å². The number of aromatic nitrogens is 1. The standard InChI is InChI=1S/C23H30N2O3/c1-15(2)22(23(27)28-3)25-21(26)14-16-8-10-17(11-9-16)18-12-13-24-20-7-5-4-6-19(18)20/h4-7,12-13,15-17,22H,8-11,14H2,1-3H3,(H,25,26)/t16-,17-,22?. The Balaban J connectivity index is 1.56. The predicted molar refractivity (Wildman–Crippen MR) is 110 cm³/mol. The Hall–Kier alpha value is -2.43. The second-order valence-corrected chi connectivity index (χ2v) is 8.15. The van der Waals surface area contributed by atoms with Crippen LogP contribution >= 0.6 is 0 Å². The Morgan fingerprint density at radius 3 is 2.54 bits per heavy atom. The minimum atomic E-state index is -0.572. The van der Waals surface area contributed by atoms with Crippen LogP contribution in [0.25, 0.3) is 10.9 Å². The largest absolute Gasteiger partial charge is 0.467 e. The van der Waals surface area contributed by atoms with Crippen LogP contribution < -0.4 is 5.32 Å². The van der Waals surface area contributed by atoms with E-state index in [9.17, 15) is 9.59 Å². The summed E-state index contributed by atoms with van der Waals surface area (Å²) in [7, 11) is 1.36. The van der Waals surface area contributed by atoms with Crippen molar-refractivity contribution in [1.29, 1.82) is 0 Å². The van der Waals surface area contributed by atoms with E-state index in [2.05, 4.69) is 34.6 Å².